The number of nitrogens with zero attached hydrogens (tertiary/aromatic N) is 4. The van der Waals surface area contributed by atoms with E-state index in [1.54, 1.807) is 0 Å². The molecule has 0 saturated carbocycles. The molecule has 1 aliphatic heterocycles. The van der Waals surface area contributed by atoms with E-state index >= 15 is 0 Å². The first-order valence-corrected chi connectivity index (χ1v) is 8.88. The Morgan fingerprint density at radius 3 is 2.04 bits per heavy atom. The van der Waals surface area contributed by atoms with Crippen molar-refractivity contribution in [1.29, 1.82) is 0 Å². The summed E-state index contributed by atoms with van der Waals surface area (Å²) in [6.07, 6.45) is -6.40. The SMILES string of the molecule is Cn1cnnc1S(=O)(=O)C1CCN(C(=O)C(F)(F)C(F)(F)C(F)(F)F)CC1. The number of sulfone groups is 1. The summed E-state index contributed by atoms with van der Waals surface area (Å²) in [5.74, 6) is -15.3. The quantitative estimate of drug-likeness (QED) is 0.680. The van der Waals surface area contributed by atoms with E-state index in [1.165, 1.54) is 7.05 Å². The van der Waals surface area contributed by atoms with Gasteiger partial charge in [-0.2, -0.15) is 30.7 Å². The van der Waals surface area contributed by atoms with Crippen molar-refractivity contribution in [2.24, 2.45) is 7.05 Å². The predicted octanol–water partition coefficient (Wildman–Crippen LogP) is 1.41. The van der Waals surface area contributed by atoms with Gasteiger partial charge in [-0.3, -0.25) is 4.79 Å². The van der Waals surface area contributed by atoms with Crippen LogP contribution in [-0.2, 0) is 21.7 Å². The van der Waals surface area contributed by atoms with Crippen LogP contribution in [0, 0.1) is 0 Å². The van der Waals surface area contributed by atoms with E-state index in [-0.39, 0.29) is 4.90 Å². The number of piperidine rings is 1. The van der Waals surface area contributed by atoms with Crippen molar-refractivity contribution in [2.75, 3.05) is 13.1 Å². The van der Waals surface area contributed by atoms with Gasteiger partial charge in [-0.15, -0.1) is 10.2 Å². The van der Waals surface area contributed by atoms with Crippen molar-refractivity contribution in [3.8, 4) is 0 Å². The van der Waals surface area contributed by atoms with Crippen LogP contribution < -0.4 is 0 Å². The molecule has 27 heavy (non-hydrogen) atoms. The number of alkyl halides is 7. The van der Waals surface area contributed by atoms with Crippen molar-refractivity contribution in [2.45, 2.75) is 41.3 Å². The van der Waals surface area contributed by atoms with Crippen LogP contribution in [0.3, 0.4) is 0 Å². The minimum atomic E-state index is -6.63. The highest BCUT2D eigenvalue weighted by atomic mass is 32.2. The van der Waals surface area contributed by atoms with Gasteiger partial charge in [0.1, 0.15) is 6.33 Å². The lowest BCUT2D eigenvalue weighted by Gasteiger charge is -2.35. The van der Waals surface area contributed by atoms with E-state index < -0.39 is 70.1 Å². The minimum Gasteiger partial charge on any atom is -0.337 e. The van der Waals surface area contributed by atoms with Crippen molar-refractivity contribution in [3.05, 3.63) is 6.33 Å². The molecule has 154 valence electrons. The Kier molecular flexibility index (Phi) is 5.22. The highest BCUT2D eigenvalue weighted by Crippen LogP contribution is 2.47. The predicted molar refractivity (Wildman–Crippen MR) is 73.7 cm³/mol. The summed E-state index contributed by atoms with van der Waals surface area (Å²) in [5.41, 5.74) is 0. The summed E-state index contributed by atoms with van der Waals surface area (Å²) in [4.78, 5) is 11.7. The molecule has 7 nitrogen and oxygen atoms in total. The van der Waals surface area contributed by atoms with Crippen molar-refractivity contribution < 1.29 is 43.9 Å². The summed E-state index contributed by atoms with van der Waals surface area (Å²) in [5, 5.41) is 5.21. The van der Waals surface area contributed by atoms with Crippen LogP contribution in [0.1, 0.15) is 12.8 Å². The fourth-order valence-electron chi connectivity index (χ4n) is 2.56. The molecule has 0 unspecified atom stereocenters. The molecule has 0 aliphatic carbocycles. The lowest BCUT2D eigenvalue weighted by molar-refractivity contribution is -0.346. The Bertz CT molecular complexity index is 813. The molecule has 1 aromatic rings. The number of hydrogen-bond donors (Lipinski definition) is 0. The monoisotopic (exact) mass is 426 g/mol. The van der Waals surface area contributed by atoms with Crippen LogP contribution in [0.15, 0.2) is 11.5 Å². The second kappa shape index (κ2) is 6.60. The number of hydrogen-bond acceptors (Lipinski definition) is 5. The van der Waals surface area contributed by atoms with Gasteiger partial charge < -0.3 is 9.47 Å². The smallest absolute Gasteiger partial charge is 0.337 e. The fourth-order valence-corrected chi connectivity index (χ4v) is 4.30. The second-order valence-corrected chi connectivity index (χ2v) is 8.03. The number of halogens is 7. The molecule has 2 heterocycles. The van der Waals surface area contributed by atoms with E-state index in [4.69, 9.17) is 0 Å². The Morgan fingerprint density at radius 1 is 1.11 bits per heavy atom. The first kappa shape index (κ1) is 21.4. The van der Waals surface area contributed by atoms with Crippen molar-refractivity contribution in [3.63, 3.8) is 0 Å². The maximum Gasteiger partial charge on any atom is 0.460 e. The molecule has 1 aromatic heterocycles. The Balaban J connectivity index is 2.14. The number of rotatable bonds is 4. The standard InChI is InChI=1S/C12H13F7N4O3S/c1-22-6-20-21-9(22)27(25,26)7-2-4-23(5-3-7)8(24)10(13,14)11(15,16)12(17,18)19/h6-7H,2-5H2,1H3. The van der Waals surface area contributed by atoms with Gasteiger partial charge in [0.2, 0.25) is 15.0 Å². The molecule has 0 N–H and O–H groups in total. The fraction of sp³-hybridized carbons (Fsp3) is 0.750. The number of aryl methyl sites for hydroxylation is 1. The van der Waals surface area contributed by atoms with Crippen LogP contribution in [0.25, 0.3) is 0 Å². The van der Waals surface area contributed by atoms with E-state index in [2.05, 4.69) is 10.2 Å². The first-order chi connectivity index (χ1) is 12.1. The van der Waals surface area contributed by atoms with Crippen molar-refractivity contribution in [1.82, 2.24) is 19.7 Å². The average molecular weight is 426 g/mol. The van der Waals surface area contributed by atoms with Crippen LogP contribution in [0.5, 0.6) is 0 Å². The Labute approximate surface area is 148 Å². The van der Waals surface area contributed by atoms with Crippen LogP contribution in [-0.4, -0.2) is 70.4 Å². The number of carbonyl (C=O) groups excluding carboxylic acids is 1. The number of carbonyl (C=O) groups is 1. The molecule has 15 heteroatoms. The van der Waals surface area contributed by atoms with E-state index in [0.717, 1.165) is 10.9 Å². The topological polar surface area (TPSA) is 85.2 Å². The maximum atomic E-state index is 13.5. The van der Waals surface area contributed by atoms with Crippen LogP contribution in [0.2, 0.25) is 0 Å². The Morgan fingerprint density at radius 2 is 1.63 bits per heavy atom. The maximum absolute atomic E-state index is 13.5. The zero-order valence-electron chi connectivity index (χ0n) is 13.6. The van der Waals surface area contributed by atoms with Gasteiger partial charge in [-0.05, 0) is 12.8 Å². The molecule has 0 aromatic carbocycles. The van der Waals surface area contributed by atoms with Gasteiger partial charge in [0.05, 0.1) is 5.25 Å². The largest absolute Gasteiger partial charge is 0.460 e. The second-order valence-electron chi connectivity index (χ2n) is 5.91. The first-order valence-electron chi connectivity index (χ1n) is 7.33. The van der Waals surface area contributed by atoms with E-state index in [9.17, 15) is 43.9 Å². The molecule has 0 radical (unpaired) electrons. The summed E-state index contributed by atoms with van der Waals surface area (Å²) < 4.78 is 115. The average Bonchev–Trinajstić information content (AvgIpc) is 3.00. The molecule has 0 bridgehead atoms. The van der Waals surface area contributed by atoms with Crippen LogP contribution in [0.4, 0.5) is 30.7 Å². The number of amides is 1. The highest BCUT2D eigenvalue weighted by molar-refractivity contribution is 7.91. The van der Waals surface area contributed by atoms with Crippen molar-refractivity contribution >= 4 is 15.7 Å². The minimum absolute atomic E-state index is 0.0995. The van der Waals surface area contributed by atoms with Gasteiger partial charge >= 0.3 is 18.0 Å². The molecule has 1 amide bonds. The third kappa shape index (κ3) is 3.48. The van der Waals surface area contributed by atoms with Gasteiger partial charge in [-0.25, -0.2) is 8.42 Å². The van der Waals surface area contributed by atoms with Gasteiger partial charge in [0.25, 0.3) is 5.91 Å². The third-order valence-electron chi connectivity index (χ3n) is 4.11. The highest BCUT2D eigenvalue weighted by Gasteiger charge is 2.76. The molecular formula is C12H13F7N4O3S. The molecule has 1 fully saturated rings. The summed E-state index contributed by atoms with van der Waals surface area (Å²) in [6, 6.07) is 0. The molecule has 1 saturated heterocycles. The number of aromatic nitrogens is 3. The molecule has 2 rings (SSSR count). The molecular weight excluding hydrogens is 413 g/mol. The zero-order chi connectivity index (χ0) is 20.8. The molecule has 0 spiro atoms. The van der Waals surface area contributed by atoms with Gasteiger partial charge in [0, 0.05) is 20.1 Å². The Hall–Kier alpha value is -1.93. The van der Waals surface area contributed by atoms with Crippen LogP contribution >= 0.6 is 0 Å². The lowest BCUT2D eigenvalue weighted by atomic mass is 10.1. The van der Waals surface area contributed by atoms with E-state index in [0.29, 0.717) is 0 Å². The summed E-state index contributed by atoms with van der Waals surface area (Å²) >= 11 is 0. The molecule has 1 aliphatic rings. The summed E-state index contributed by atoms with van der Waals surface area (Å²) in [7, 11) is -2.71. The zero-order valence-corrected chi connectivity index (χ0v) is 14.4. The number of likely N-dealkylation sites (tertiary alicyclic amines) is 1. The van der Waals surface area contributed by atoms with Gasteiger partial charge in [-0.1, -0.05) is 0 Å². The summed E-state index contributed by atoms with van der Waals surface area (Å²) in [6.45, 7) is -1.46. The van der Waals surface area contributed by atoms with E-state index in [1.807, 2.05) is 0 Å². The third-order valence-corrected chi connectivity index (χ3v) is 6.34. The van der Waals surface area contributed by atoms with Gasteiger partial charge in [0.15, 0.2) is 0 Å². The normalized spacial score (nSPS) is 18.0. The molecule has 0 atom stereocenters. The lowest BCUT2D eigenvalue weighted by Crippen LogP contribution is -2.61.